The second-order valence-electron chi connectivity index (χ2n) is 8.02. The van der Waals surface area contributed by atoms with Crippen molar-refractivity contribution in [1.82, 2.24) is 34.1 Å². The number of piperazine rings is 1. The molecule has 1 aromatic carbocycles. The minimum absolute atomic E-state index is 0.00746. The van der Waals surface area contributed by atoms with Crippen molar-refractivity contribution in [3.05, 3.63) is 70.4 Å². The number of amides is 1. The van der Waals surface area contributed by atoms with Gasteiger partial charge < -0.3 is 9.88 Å². The fraction of sp³-hybridized carbons (Fsp3) is 0.227. The van der Waals surface area contributed by atoms with Gasteiger partial charge in [0, 0.05) is 55.4 Å². The molecule has 4 aromatic rings. The summed E-state index contributed by atoms with van der Waals surface area (Å²) < 4.78 is 27.4. The molecule has 4 heterocycles. The monoisotopic (exact) mass is 526 g/mol. The van der Waals surface area contributed by atoms with Gasteiger partial charge in [0.1, 0.15) is 6.54 Å². The Morgan fingerprint density at radius 3 is 2.50 bits per heavy atom. The molecule has 1 aliphatic rings. The number of pyridine rings is 1. The van der Waals surface area contributed by atoms with Crippen molar-refractivity contribution in [3.8, 4) is 11.1 Å². The summed E-state index contributed by atoms with van der Waals surface area (Å²) >= 11 is 5.97. The van der Waals surface area contributed by atoms with Gasteiger partial charge in [0.05, 0.1) is 16.7 Å². The lowest BCUT2D eigenvalue weighted by Gasteiger charge is -2.33. The summed E-state index contributed by atoms with van der Waals surface area (Å²) in [7, 11) is -3.87. The van der Waals surface area contributed by atoms with E-state index in [2.05, 4.69) is 30.1 Å². The van der Waals surface area contributed by atoms with E-state index in [0.717, 1.165) is 5.56 Å². The molecule has 1 amide bonds. The highest BCUT2D eigenvalue weighted by molar-refractivity contribution is 7.89. The van der Waals surface area contributed by atoms with Gasteiger partial charge in [-0.2, -0.15) is 9.21 Å². The average molecular weight is 527 g/mol. The summed E-state index contributed by atoms with van der Waals surface area (Å²) in [5, 5.41) is 3.14. The van der Waals surface area contributed by atoms with Crippen molar-refractivity contribution < 1.29 is 13.2 Å². The predicted octanol–water partition coefficient (Wildman–Crippen LogP) is 2.48. The number of carbonyl (C=O) groups is 1. The van der Waals surface area contributed by atoms with E-state index in [1.54, 1.807) is 36.5 Å². The molecule has 1 N–H and O–H groups in total. The van der Waals surface area contributed by atoms with Crippen LogP contribution in [0.5, 0.6) is 0 Å². The van der Waals surface area contributed by atoms with Crippen LogP contribution in [0.25, 0.3) is 22.2 Å². The van der Waals surface area contributed by atoms with Gasteiger partial charge in [0.25, 0.3) is 15.9 Å². The normalized spacial score (nSPS) is 14.8. The summed E-state index contributed by atoms with van der Waals surface area (Å²) in [6.07, 6.45) is 4.59. The van der Waals surface area contributed by atoms with Gasteiger partial charge in [-0.15, -0.1) is 0 Å². The highest BCUT2D eigenvalue weighted by Gasteiger charge is 2.33. The molecule has 184 valence electrons. The first kappa shape index (κ1) is 23.9. The molecule has 0 aliphatic carbocycles. The van der Waals surface area contributed by atoms with Crippen LogP contribution in [-0.4, -0.2) is 74.6 Å². The van der Waals surface area contributed by atoms with Crippen molar-refractivity contribution in [2.24, 2.45) is 5.18 Å². The fourth-order valence-corrected chi connectivity index (χ4v) is 5.39. The lowest BCUT2D eigenvalue weighted by Crippen LogP contribution is -2.50. The maximum absolute atomic E-state index is 13.1. The molecule has 0 radical (unpaired) electrons. The molecule has 0 bridgehead atoms. The maximum Gasteiger partial charge on any atom is 0.291 e. The Morgan fingerprint density at radius 2 is 1.78 bits per heavy atom. The molecular formula is C22H19ClN8O4S. The molecule has 14 heteroatoms. The Labute approximate surface area is 210 Å². The lowest BCUT2D eigenvalue weighted by atomic mass is 10.1. The van der Waals surface area contributed by atoms with Crippen LogP contribution in [0.2, 0.25) is 5.02 Å². The average Bonchev–Trinajstić information content (AvgIpc) is 3.33. The molecule has 3 aromatic heterocycles. The topological polar surface area (TPSA) is 154 Å². The van der Waals surface area contributed by atoms with Crippen molar-refractivity contribution in [1.29, 1.82) is 0 Å². The van der Waals surface area contributed by atoms with E-state index in [1.165, 1.54) is 21.6 Å². The minimum Gasteiger partial charge on any atom is -0.333 e. The van der Waals surface area contributed by atoms with Gasteiger partial charge in [-0.25, -0.2) is 23.4 Å². The molecule has 0 atom stereocenters. The zero-order valence-corrected chi connectivity index (χ0v) is 20.3. The molecule has 1 saturated heterocycles. The summed E-state index contributed by atoms with van der Waals surface area (Å²) in [6, 6.07) is 8.34. The van der Waals surface area contributed by atoms with Crippen LogP contribution in [0.15, 0.2) is 59.3 Å². The number of nitrogens with zero attached hydrogens (tertiary/aromatic N) is 7. The number of benzene rings is 1. The quantitative estimate of drug-likeness (QED) is 0.376. The Morgan fingerprint density at radius 1 is 1.03 bits per heavy atom. The highest BCUT2D eigenvalue weighted by Crippen LogP contribution is 2.22. The number of nitroso groups, excluding NO2 is 1. The number of H-pyrrole nitrogens is 1. The third-order valence-electron chi connectivity index (χ3n) is 5.75. The number of aromatic amines is 1. The Hall–Kier alpha value is -3.81. The Balaban J connectivity index is 1.25. The zero-order chi connectivity index (χ0) is 25.3. The van der Waals surface area contributed by atoms with Gasteiger partial charge in [-0.05, 0) is 35.9 Å². The third kappa shape index (κ3) is 4.67. The van der Waals surface area contributed by atoms with Gasteiger partial charge in [0.2, 0.25) is 11.0 Å². The molecule has 12 nitrogen and oxygen atoms in total. The number of aromatic nitrogens is 5. The molecule has 0 saturated carbocycles. The van der Waals surface area contributed by atoms with Crippen molar-refractivity contribution in [2.75, 3.05) is 26.2 Å². The van der Waals surface area contributed by atoms with Crippen LogP contribution in [0, 0.1) is 4.91 Å². The molecule has 0 unspecified atom stereocenters. The number of hydrogen-bond acceptors (Lipinski definition) is 9. The Bertz CT molecular complexity index is 1550. The number of halogens is 1. The largest absolute Gasteiger partial charge is 0.333 e. The minimum atomic E-state index is -3.87. The summed E-state index contributed by atoms with van der Waals surface area (Å²) in [5.41, 5.74) is 2.94. The third-order valence-corrected chi connectivity index (χ3v) is 7.71. The standard InChI is InChI=1S/C22H19ClN8O4S/c23-16-1-2-18-19(10-16)29-22(28-18)36(34,35)31-7-5-30(6-8-31)21(32)20-25-11-15(12-26-20)14-3-4-24-17(9-14)13-27-33/h1-4,9-12H,5-8,13H2,(H,28,29). The van der Waals surface area contributed by atoms with Crippen LogP contribution in [-0.2, 0) is 16.6 Å². The summed E-state index contributed by atoms with van der Waals surface area (Å²) in [4.78, 5) is 44.3. The second-order valence-corrected chi connectivity index (χ2v) is 10.3. The number of sulfonamides is 1. The van der Waals surface area contributed by atoms with E-state index < -0.39 is 15.9 Å². The van der Waals surface area contributed by atoms with E-state index in [9.17, 15) is 18.1 Å². The fourth-order valence-electron chi connectivity index (χ4n) is 3.87. The van der Waals surface area contributed by atoms with Gasteiger partial charge in [-0.1, -0.05) is 16.8 Å². The molecule has 0 spiro atoms. The summed E-state index contributed by atoms with van der Waals surface area (Å²) in [6.45, 7) is 0.532. The predicted molar refractivity (Wildman–Crippen MR) is 131 cm³/mol. The van der Waals surface area contributed by atoms with Crippen molar-refractivity contribution >= 4 is 38.6 Å². The molecule has 1 fully saturated rings. The number of nitrogens with one attached hydrogen (secondary N) is 1. The first-order valence-electron chi connectivity index (χ1n) is 10.9. The summed E-state index contributed by atoms with van der Waals surface area (Å²) in [5.74, 6) is -0.384. The second kappa shape index (κ2) is 9.68. The van der Waals surface area contributed by atoms with Crippen LogP contribution < -0.4 is 0 Å². The van der Waals surface area contributed by atoms with Gasteiger partial charge in [0.15, 0.2) is 0 Å². The lowest BCUT2D eigenvalue weighted by molar-refractivity contribution is 0.0685. The highest BCUT2D eigenvalue weighted by atomic mass is 35.5. The SMILES string of the molecule is O=NCc1cc(-c2cnc(C(=O)N3CCN(S(=O)(=O)c4nc5ccc(Cl)cc5[nH]4)CC3)nc2)ccn1. The van der Waals surface area contributed by atoms with E-state index in [1.807, 2.05) is 0 Å². The van der Waals surface area contributed by atoms with Gasteiger partial charge in [-0.3, -0.25) is 9.78 Å². The smallest absolute Gasteiger partial charge is 0.291 e. The first-order chi connectivity index (χ1) is 17.3. The zero-order valence-electron chi connectivity index (χ0n) is 18.7. The van der Waals surface area contributed by atoms with E-state index in [0.29, 0.717) is 27.3 Å². The van der Waals surface area contributed by atoms with Crippen LogP contribution in [0.1, 0.15) is 16.3 Å². The molecule has 1 aliphatic heterocycles. The number of carbonyl (C=O) groups excluding carboxylic acids is 1. The molecule has 36 heavy (non-hydrogen) atoms. The Kier molecular flexibility index (Phi) is 6.43. The van der Waals surface area contributed by atoms with Crippen LogP contribution in [0.3, 0.4) is 0 Å². The van der Waals surface area contributed by atoms with Crippen LogP contribution >= 0.6 is 11.6 Å². The molecular weight excluding hydrogens is 508 g/mol. The maximum atomic E-state index is 13.1. The van der Waals surface area contributed by atoms with E-state index in [-0.39, 0.29) is 43.7 Å². The number of imidazole rings is 1. The first-order valence-corrected chi connectivity index (χ1v) is 12.7. The van der Waals surface area contributed by atoms with Crippen molar-refractivity contribution in [2.45, 2.75) is 11.7 Å². The molecule has 5 rings (SSSR count). The number of fused-ring (bicyclic) bond motifs is 1. The number of hydrogen-bond donors (Lipinski definition) is 1. The van der Waals surface area contributed by atoms with Gasteiger partial charge >= 0.3 is 0 Å². The number of rotatable bonds is 6. The van der Waals surface area contributed by atoms with Crippen LogP contribution in [0.4, 0.5) is 0 Å². The van der Waals surface area contributed by atoms with E-state index in [4.69, 9.17) is 11.6 Å². The van der Waals surface area contributed by atoms with E-state index >= 15 is 0 Å². The van der Waals surface area contributed by atoms with Crippen molar-refractivity contribution in [3.63, 3.8) is 0 Å².